The summed E-state index contributed by atoms with van der Waals surface area (Å²) >= 11 is 1.36. The summed E-state index contributed by atoms with van der Waals surface area (Å²) in [6.45, 7) is 3.72. The third-order valence-electron chi connectivity index (χ3n) is 3.50. The Hall–Kier alpha value is -2.46. The Balaban J connectivity index is 2.02. The minimum atomic E-state index is -0.0475. The lowest BCUT2D eigenvalue weighted by Gasteiger charge is -1.99. The maximum absolute atomic E-state index is 12.6. The van der Waals surface area contributed by atoms with Crippen LogP contribution in [0.1, 0.15) is 27.3 Å². The molecule has 0 saturated heterocycles. The topological polar surface area (TPSA) is 56.0 Å². The third-order valence-corrected chi connectivity index (χ3v) is 4.61. The van der Waals surface area contributed by atoms with E-state index in [0.717, 1.165) is 28.8 Å². The van der Waals surface area contributed by atoms with Crippen molar-refractivity contribution in [1.29, 1.82) is 0 Å². The number of pyridine rings is 1. The van der Waals surface area contributed by atoms with Gasteiger partial charge in [0.25, 0.3) is 0 Å². The number of hydrogen-bond acceptors (Lipinski definition) is 4. The van der Waals surface area contributed by atoms with Crippen LogP contribution in [-0.4, -0.2) is 10.8 Å². The van der Waals surface area contributed by atoms with Crippen molar-refractivity contribution < 1.29 is 4.79 Å². The second-order valence-electron chi connectivity index (χ2n) is 5.02. The maximum Gasteiger partial charge on any atom is 0.205 e. The molecule has 0 atom stereocenters. The lowest BCUT2D eigenvalue weighted by atomic mass is 10.1. The van der Waals surface area contributed by atoms with E-state index in [2.05, 4.69) is 11.6 Å². The molecule has 2 aromatic heterocycles. The number of carbonyl (C=O) groups is 1. The summed E-state index contributed by atoms with van der Waals surface area (Å²) in [6, 6.07) is 13.1. The second kappa shape index (κ2) is 6.12. The monoisotopic (exact) mass is 308 g/mol. The number of aromatic nitrogens is 1. The quantitative estimate of drug-likeness (QED) is 0.567. The molecule has 3 rings (SSSR count). The van der Waals surface area contributed by atoms with Crippen LogP contribution in [-0.2, 0) is 6.42 Å². The zero-order valence-corrected chi connectivity index (χ0v) is 12.9. The van der Waals surface area contributed by atoms with Crippen molar-refractivity contribution in [3.63, 3.8) is 0 Å². The molecule has 0 radical (unpaired) electrons. The summed E-state index contributed by atoms with van der Waals surface area (Å²) in [5.41, 5.74) is 8.32. The molecule has 0 aliphatic heterocycles. The van der Waals surface area contributed by atoms with Gasteiger partial charge in [0.15, 0.2) is 0 Å². The van der Waals surface area contributed by atoms with E-state index in [9.17, 15) is 4.79 Å². The largest absolute Gasteiger partial charge is 0.397 e. The van der Waals surface area contributed by atoms with Crippen LogP contribution in [0.5, 0.6) is 0 Å². The Kier molecular flexibility index (Phi) is 4.02. The van der Waals surface area contributed by atoms with Crippen molar-refractivity contribution in [2.24, 2.45) is 0 Å². The summed E-state index contributed by atoms with van der Waals surface area (Å²) in [5.74, 6) is -0.0475. The van der Waals surface area contributed by atoms with Gasteiger partial charge in [-0.3, -0.25) is 4.79 Å². The number of aryl methyl sites for hydroxylation is 1. The number of benzene rings is 1. The molecule has 0 aliphatic rings. The number of nitrogens with zero attached hydrogens (tertiary/aromatic N) is 1. The highest BCUT2D eigenvalue weighted by Crippen LogP contribution is 2.34. The molecule has 1 aromatic carbocycles. The minimum absolute atomic E-state index is 0.0475. The van der Waals surface area contributed by atoms with E-state index in [1.165, 1.54) is 11.3 Å². The van der Waals surface area contributed by atoms with Gasteiger partial charge in [-0.05, 0) is 25.0 Å². The Morgan fingerprint density at radius 2 is 2.00 bits per heavy atom. The molecule has 2 N–H and O–H groups in total. The van der Waals surface area contributed by atoms with Gasteiger partial charge in [-0.15, -0.1) is 17.9 Å². The van der Waals surface area contributed by atoms with Crippen LogP contribution in [0.3, 0.4) is 0 Å². The summed E-state index contributed by atoms with van der Waals surface area (Å²) in [4.78, 5) is 18.6. The number of anilines is 1. The predicted octanol–water partition coefficient (Wildman–Crippen LogP) is 4.23. The molecule has 0 bridgehead atoms. The van der Waals surface area contributed by atoms with E-state index in [-0.39, 0.29) is 5.78 Å². The van der Waals surface area contributed by atoms with Crippen LogP contribution in [0.4, 0.5) is 5.69 Å². The molecule has 3 aromatic rings. The van der Waals surface area contributed by atoms with E-state index in [0.29, 0.717) is 16.1 Å². The summed E-state index contributed by atoms with van der Waals surface area (Å²) in [5, 5.41) is 0.853. The van der Waals surface area contributed by atoms with Crippen LogP contribution in [0.15, 0.2) is 55.1 Å². The number of fused-ring (bicyclic) bond motifs is 1. The highest BCUT2D eigenvalue weighted by Gasteiger charge is 2.18. The Labute approximate surface area is 133 Å². The fourth-order valence-electron chi connectivity index (χ4n) is 2.31. The number of thiophene rings is 1. The van der Waals surface area contributed by atoms with Crippen LogP contribution >= 0.6 is 11.3 Å². The molecule has 3 nitrogen and oxygen atoms in total. The van der Waals surface area contributed by atoms with Crippen molar-refractivity contribution in [1.82, 2.24) is 4.98 Å². The zero-order chi connectivity index (χ0) is 15.5. The van der Waals surface area contributed by atoms with Gasteiger partial charge in [0.1, 0.15) is 9.71 Å². The van der Waals surface area contributed by atoms with Gasteiger partial charge in [-0.2, -0.15) is 0 Å². The molecule has 0 saturated carbocycles. The molecule has 0 spiro atoms. The highest BCUT2D eigenvalue weighted by molar-refractivity contribution is 7.21. The SMILES string of the molecule is C=CCCc1ccc2c(N)c(C(=O)c3ccccc3)sc2n1. The highest BCUT2D eigenvalue weighted by atomic mass is 32.1. The fraction of sp³-hybridized carbons (Fsp3) is 0.111. The van der Waals surface area contributed by atoms with Gasteiger partial charge in [-0.1, -0.05) is 36.4 Å². The van der Waals surface area contributed by atoms with E-state index in [4.69, 9.17) is 5.73 Å². The number of nitrogens with two attached hydrogens (primary N) is 1. The van der Waals surface area contributed by atoms with Crippen molar-refractivity contribution in [3.8, 4) is 0 Å². The molecule has 110 valence electrons. The third kappa shape index (κ3) is 2.65. The van der Waals surface area contributed by atoms with E-state index in [1.54, 1.807) is 12.1 Å². The average Bonchev–Trinajstić information content (AvgIpc) is 2.89. The number of carbonyl (C=O) groups excluding carboxylic acids is 1. The molecule has 4 heteroatoms. The van der Waals surface area contributed by atoms with Crippen molar-refractivity contribution >= 4 is 33.0 Å². The Bertz CT molecular complexity index is 837. The molecule has 0 amide bonds. The smallest absolute Gasteiger partial charge is 0.205 e. The minimum Gasteiger partial charge on any atom is -0.397 e. The standard InChI is InChI=1S/C18H16N2OS/c1-2-3-9-13-10-11-14-15(19)17(22-18(14)20-13)16(21)12-7-5-4-6-8-12/h2,4-8,10-11H,1,3,9,19H2. The van der Waals surface area contributed by atoms with Crippen LogP contribution in [0, 0.1) is 0 Å². The molecule has 22 heavy (non-hydrogen) atoms. The number of rotatable bonds is 5. The summed E-state index contributed by atoms with van der Waals surface area (Å²) < 4.78 is 0. The van der Waals surface area contributed by atoms with Gasteiger partial charge in [-0.25, -0.2) is 4.98 Å². The second-order valence-corrected chi connectivity index (χ2v) is 6.02. The summed E-state index contributed by atoms with van der Waals surface area (Å²) in [7, 11) is 0. The molecule has 2 heterocycles. The van der Waals surface area contributed by atoms with Crippen LogP contribution in [0.25, 0.3) is 10.2 Å². The molecular formula is C18H16N2OS. The number of ketones is 1. The molecule has 0 aliphatic carbocycles. The number of hydrogen-bond donors (Lipinski definition) is 1. The van der Waals surface area contributed by atoms with E-state index >= 15 is 0 Å². The first-order chi connectivity index (χ1) is 10.7. The van der Waals surface area contributed by atoms with Crippen LogP contribution < -0.4 is 5.73 Å². The van der Waals surface area contributed by atoms with Crippen molar-refractivity contribution in [2.75, 3.05) is 5.73 Å². The first kappa shape index (κ1) is 14.5. The number of allylic oxidation sites excluding steroid dienone is 1. The van der Waals surface area contributed by atoms with Crippen LogP contribution in [0.2, 0.25) is 0 Å². The van der Waals surface area contributed by atoms with Gasteiger partial charge in [0, 0.05) is 16.6 Å². The van der Waals surface area contributed by atoms with Crippen molar-refractivity contribution in [3.05, 3.63) is 71.3 Å². The predicted molar refractivity (Wildman–Crippen MR) is 92.4 cm³/mol. The van der Waals surface area contributed by atoms with Gasteiger partial charge in [0.05, 0.1) is 5.69 Å². The molecular weight excluding hydrogens is 292 g/mol. The van der Waals surface area contributed by atoms with E-state index in [1.807, 2.05) is 36.4 Å². The van der Waals surface area contributed by atoms with Gasteiger partial charge in [0.2, 0.25) is 5.78 Å². The lowest BCUT2D eigenvalue weighted by molar-refractivity contribution is 0.104. The molecule has 0 fully saturated rings. The Morgan fingerprint density at radius 1 is 1.23 bits per heavy atom. The summed E-state index contributed by atoms with van der Waals surface area (Å²) in [6.07, 6.45) is 3.60. The van der Waals surface area contributed by atoms with E-state index < -0.39 is 0 Å². The number of nitrogen functional groups attached to an aromatic ring is 1. The van der Waals surface area contributed by atoms with Gasteiger partial charge >= 0.3 is 0 Å². The Morgan fingerprint density at radius 3 is 2.73 bits per heavy atom. The average molecular weight is 308 g/mol. The zero-order valence-electron chi connectivity index (χ0n) is 12.1. The van der Waals surface area contributed by atoms with Crippen molar-refractivity contribution in [2.45, 2.75) is 12.8 Å². The molecule has 0 unspecified atom stereocenters. The van der Waals surface area contributed by atoms with Gasteiger partial charge < -0.3 is 5.73 Å². The fourth-order valence-corrected chi connectivity index (χ4v) is 3.39. The first-order valence-corrected chi connectivity index (χ1v) is 7.91. The lowest BCUT2D eigenvalue weighted by Crippen LogP contribution is -2.01. The maximum atomic E-state index is 12.6. The first-order valence-electron chi connectivity index (χ1n) is 7.09. The normalized spacial score (nSPS) is 10.7.